The number of aromatic nitrogens is 4. The van der Waals surface area contributed by atoms with Crippen LogP contribution in [0.2, 0.25) is 0 Å². The van der Waals surface area contributed by atoms with Gasteiger partial charge < -0.3 is 5.32 Å². The highest BCUT2D eigenvalue weighted by Crippen LogP contribution is 2.41. The molecule has 6 nitrogen and oxygen atoms in total. The lowest BCUT2D eigenvalue weighted by molar-refractivity contribution is 0.0922. The third-order valence-electron chi connectivity index (χ3n) is 5.10. The molecule has 0 unspecified atom stereocenters. The zero-order valence-corrected chi connectivity index (χ0v) is 16.6. The second kappa shape index (κ2) is 6.88. The van der Waals surface area contributed by atoms with Crippen molar-refractivity contribution in [3.63, 3.8) is 0 Å². The van der Waals surface area contributed by atoms with Gasteiger partial charge in [0.1, 0.15) is 4.88 Å². The Kier molecular flexibility index (Phi) is 4.55. The van der Waals surface area contributed by atoms with Crippen LogP contribution in [-0.2, 0) is 13.0 Å². The van der Waals surface area contributed by atoms with Crippen molar-refractivity contribution in [3.05, 3.63) is 63.9 Å². The normalized spacial score (nSPS) is 18.1. The molecule has 1 N–H and O–H groups in total. The molecule has 7 heteroatoms. The van der Waals surface area contributed by atoms with Crippen LogP contribution in [0.1, 0.15) is 58.5 Å². The molecule has 4 rings (SSSR count). The van der Waals surface area contributed by atoms with Crippen LogP contribution >= 0.6 is 11.5 Å². The monoisotopic (exact) mass is 381 g/mol. The van der Waals surface area contributed by atoms with Gasteiger partial charge in [-0.25, -0.2) is 0 Å². The van der Waals surface area contributed by atoms with Gasteiger partial charge in [0.25, 0.3) is 5.91 Å². The fraction of sp³-hybridized carbons (Fsp3) is 0.400. The summed E-state index contributed by atoms with van der Waals surface area (Å²) in [6.45, 7) is 7.04. The van der Waals surface area contributed by atoms with Crippen LogP contribution in [0, 0.1) is 12.3 Å². The van der Waals surface area contributed by atoms with Crippen molar-refractivity contribution >= 4 is 17.4 Å². The number of hydrogen-bond acceptors (Lipinski definition) is 5. The molecule has 1 aliphatic rings. The minimum absolute atomic E-state index is 0.0535. The maximum Gasteiger partial charge on any atom is 0.265 e. The summed E-state index contributed by atoms with van der Waals surface area (Å²) in [5, 5.41) is 11.8. The third-order valence-corrected chi connectivity index (χ3v) is 5.92. The van der Waals surface area contributed by atoms with Gasteiger partial charge in [-0.1, -0.05) is 48.7 Å². The molecule has 0 radical (unpaired) electrons. The van der Waals surface area contributed by atoms with Gasteiger partial charge in [-0.2, -0.15) is 5.10 Å². The Morgan fingerprint density at radius 1 is 1.33 bits per heavy atom. The summed E-state index contributed by atoms with van der Waals surface area (Å²) >= 11 is 1.14. The summed E-state index contributed by atoms with van der Waals surface area (Å²) in [4.78, 5) is 13.3. The van der Waals surface area contributed by atoms with Gasteiger partial charge in [-0.3, -0.25) is 9.48 Å². The Balaban J connectivity index is 1.62. The number of amides is 1. The highest BCUT2D eigenvalue weighted by Gasteiger charge is 2.36. The summed E-state index contributed by atoms with van der Waals surface area (Å²) in [7, 11) is 0. The van der Waals surface area contributed by atoms with E-state index in [9.17, 15) is 4.79 Å². The molecule has 2 aromatic heterocycles. The van der Waals surface area contributed by atoms with Crippen molar-refractivity contribution in [1.29, 1.82) is 0 Å². The Labute approximate surface area is 162 Å². The molecule has 1 atom stereocenters. The standard InChI is InChI=1S/C20H23N5OS/c1-13-18(27-24-23-13)19(26)22-16-9-20(2,3)10-17-15(16)11-21-25(17)12-14-7-5-4-6-8-14/h4-8,11,16H,9-10,12H2,1-3H3,(H,22,26)/t16-/m0/s1. The topological polar surface area (TPSA) is 72.7 Å². The molecule has 140 valence electrons. The summed E-state index contributed by atoms with van der Waals surface area (Å²) in [5.74, 6) is -0.105. The molecule has 27 heavy (non-hydrogen) atoms. The van der Waals surface area contributed by atoms with Crippen LogP contribution in [0.25, 0.3) is 0 Å². The van der Waals surface area contributed by atoms with Crippen molar-refractivity contribution in [1.82, 2.24) is 24.7 Å². The van der Waals surface area contributed by atoms with E-state index in [1.165, 1.54) is 11.3 Å². The van der Waals surface area contributed by atoms with Crippen molar-refractivity contribution < 1.29 is 4.79 Å². The zero-order chi connectivity index (χ0) is 19.0. The van der Waals surface area contributed by atoms with Crippen LogP contribution in [0.4, 0.5) is 0 Å². The first kappa shape index (κ1) is 17.9. The molecule has 0 fully saturated rings. The number of fused-ring (bicyclic) bond motifs is 1. The van der Waals surface area contributed by atoms with Crippen LogP contribution < -0.4 is 5.32 Å². The molecule has 1 amide bonds. The van der Waals surface area contributed by atoms with Crippen LogP contribution in [0.3, 0.4) is 0 Å². The van der Waals surface area contributed by atoms with Crippen molar-refractivity contribution in [3.8, 4) is 0 Å². The number of carbonyl (C=O) groups excluding carboxylic acids is 1. The van der Waals surface area contributed by atoms with E-state index in [2.05, 4.69) is 50.7 Å². The summed E-state index contributed by atoms with van der Waals surface area (Å²) in [5.41, 5.74) is 4.31. The Morgan fingerprint density at radius 2 is 2.11 bits per heavy atom. The van der Waals surface area contributed by atoms with Gasteiger partial charge in [0, 0.05) is 11.3 Å². The van der Waals surface area contributed by atoms with Crippen molar-refractivity contribution in [2.75, 3.05) is 0 Å². The predicted octanol–water partition coefficient (Wildman–Crippen LogP) is 3.53. The number of nitrogens with one attached hydrogen (secondary N) is 1. The summed E-state index contributed by atoms with van der Waals surface area (Å²) in [6, 6.07) is 10.3. The highest BCUT2D eigenvalue weighted by molar-refractivity contribution is 7.08. The molecule has 1 aliphatic carbocycles. The van der Waals surface area contributed by atoms with Crippen molar-refractivity contribution in [2.45, 2.75) is 46.2 Å². The molecular formula is C20H23N5OS. The molecule has 1 aromatic carbocycles. The SMILES string of the molecule is Cc1nnsc1C(=O)N[C@H]1CC(C)(C)Cc2c1cnn2Cc1ccccc1. The highest BCUT2D eigenvalue weighted by atomic mass is 32.1. The van der Waals surface area contributed by atoms with Crippen LogP contribution in [-0.4, -0.2) is 25.3 Å². The second-order valence-electron chi connectivity index (χ2n) is 7.95. The number of rotatable bonds is 4. The van der Waals surface area contributed by atoms with E-state index in [1.54, 1.807) is 0 Å². The average Bonchev–Trinajstić information content (AvgIpc) is 3.22. The minimum atomic E-state index is -0.105. The molecular weight excluding hydrogens is 358 g/mol. The fourth-order valence-electron chi connectivity index (χ4n) is 3.78. The number of nitrogens with zero attached hydrogens (tertiary/aromatic N) is 4. The first-order valence-electron chi connectivity index (χ1n) is 9.11. The van der Waals surface area contributed by atoms with E-state index >= 15 is 0 Å². The molecule has 0 aliphatic heterocycles. The van der Waals surface area contributed by atoms with E-state index in [-0.39, 0.29) is 17.4 Å². The third kappa shape index (κ3) is 3.64. The van der Waals surface area contributed by atoms with Gasteiger partial charge in [0.05, 0.1) is 24.5 Å². The minimum Gasteiger partial charge on any atom is -0.344 e. The molecule has 0 saturated heterocycles. The average molecular weight is 382 g/mol. The van der Waals surface area contributed by atoms with E-state index in [4.69, 9.17) is 0 Å². The van der Waals surface area contributed by atoms with Crippen LogP contribution in [0.15, 0.2) is 36.5 Å². The lowest BCUT2D eigenvalue weighted by Gasteiger charge is -2.36. The maximum atomic E-state index is 12.7. The summed E-state index contributed by atoms with van der Waals surface area (Å²) in [6.07, 6.45) is 3.74. The lowest BCUT2D eigenvalue weighted by atomic mass is 9.74. The van der Waals surface area contributed by atoms with Crippen LogP contribution in [0.5, 0.6) is 0 Å². The van der Waals surface area contributed by atoms with E-state index in [1.807, 2.05) is 31.3 Å². The second-order valence-corrected chi connectivity index (χ2v) is 8.70. The molecule has 0 spiro atoms. The van der Waals surface area contributed by atoms with E-state index < -0.39 is 0 Å². The van der Waals surface area contributed by atoms with Gasteiger partial charge >= 0.3 is 0 Å². The maximum absolute atomic E-state index is 12.7. The molecule has 0 saturated carbocycles. The lowest BCUT2D eigenvalue weighted by Crippen LogP contribution is -2.36. The smallest absolute Gasteiger partial charge is 0.265 e. The Morgan fingerprint density at radius 3 is 2.81 bits per heavy atom. The quantitative estimate of drug-likeness (QED) is 0.750. The molecule has 0 bridgehead atoms. The van der Waals surface area contributed by atoms with Gasteiger partial charge in [-0.05, 0) is 42.3 Å². The van der Waals surface area contributed by atoms with Gasteiger partial charge in [0.2, 0.25) is 0 Å². The van der Waals surface area contributed by atoms with Crippen molar-refractivity contribution in [2.24, 2.45) is 5.41 Å². The first-order valence-corrected chi connectivity index (χ1v) is 9.89. The molecule has 3 aromatic rings. The Hall–Kier alpha value is -2.54. The van der Waals surface area contributed by atoms with Gasteiger partial charge in [-0.15, -0.1) is 5.10 Å². The molecule has 2 heterocycles. The summed E-state index contributed by atoms with van der Waals surface area (Å²) < 4.78 is 5.95. The largest absolute Gasteiger partial charge is 0.344 e. The van der Waals surface area contributed by atoms with E-state index in [0.717, 1.165) is 36.5 Å². The number of aryl methyl sites for hydroxylation is 1. The first-order chi connectivity index (χ1) is 12.9. The zero-order valence-electron chi connectivity index (χ0n) is 15.8. The van der Waals surface area contributed by atoms with Gasteiger partial charge in [0.15, 0.2) is 0 Å². The predicted molar refractivity (Wildman–Crippen MR) is 105 cm³/mol. The number of carbonyl (C=O) groups is 1. The number of hydrogen-bond donors (Lipinski definition) is 1. The fourth-order valence-corrected chi connectivity index (χ4v) is 4.34. The van der Waals surface area contributed by atoms with E-state index in [0.29, 0.717) is 10.6 Å². The number of benzene rings is 1. The Bertz CT molecular complexity index is 960.